The molecule has 0 heterocycles. The summed E-state index contributed by atoms with van der Waals surface area (Å²) in [6.45, 7) is 1.86. The third-order valence-electron chi connectivity index (χ3n) is 5.22. The maximum Gasteiger partial charge on any atom is 0.118 e. The Hall–Kier alpha value is -3.04. The largest absolute Gasteiger partial charge is 0.497 e. The topological polar surface area (TPSA) is 38.7 Å². The molecule has 3 aromatic carbocycles. The minimum atomic E-state index is -1.08. The number of aliphatic hydroxyl groups is 1. The Balaban J connectivity index is 1.98. The number of ether oxygens (including phenoxy) is 2. The van der Waals surface area contributed by atoms with E-state index >= 15 is 0 Å². The van der Waals surface area contributed by atoms with E-state index in [2.05, 4.69) is 6.07 Å². The highest BCUT2D eigenvalue weighted by Crippen LogP contribution is 2.51. The third kappa shape index (κ3) is 2.81. The monoisotopic (exact) mass is 358 g/mol. The molecule has 3 nitrogen and oxygen atoms in total. The van der Waals surface area contributed by atoms with Gasteiger partial charge in [0.15, 0.2) is 0 Å². The normalized spacial score (nSPS) is 18.4. The summed E-state index contributed by atoms with van der Waals surface area (Å²) in [7, 11) is 3.31. The number of fused-ring (bicyclic) bond motifs is 1. The van der Waals surface area contributed by atoms with Crippen LogP contribution in [0.3, 0.4) is 0 Å². The molecule has 1 aliphatic carbocycles. The fourth-order valence-corrected chi connectivity index (χ4v) is 3.88. The van der Waals surface area contributed by atoms with Gasteiger partial charge < -0.3 is 14.6 Å². The van der Waals surface area contributed by atoms with Crippen molar-refractivity contribution in [3.63, 3.8) is 0 Å². The first-order valence-corrected chi connectivity index (χ1v) is 8.92. The lowest BCUT2D eigenvalue weighted by Crippen LogP contribution is -2.20. The van der Waals surface area contributed by atoms with Crippen molar-refractivity contribution in [3.8, 4) is 11.5 Å². The number of rotatable bonds is 4. The molecule has 3 heteroatoms. The van der Waals surface area contributed by atoms with E-state index in [-0.39, 0.29) is 0 Å². The highest BCUT2D eigenvalue weighted by Gasteiger charge is 2.40. The number of hydrogen-bond acceptors (Lipinski definition) is 3. The first-order chi connectivity index (χ1) is 13.1. The molecule has 136 valence electrons. The first kappa shape index (κ1) is 17.4. The Morgan fingerprint density at radius 1 is 0.704 bits per heavy atom. The van der Waals surface area contributed by atoms with Gasteiger partial charge in [0.05, 0.1) is 14.2 Å². The summed E-state index contributed by atoms with van der Waals surface area (Å²) in [6.07, 6.45) is 0. The minimum Gasteiger partial charge on any atom is -0.497 e. The zero-order valence-corrected chi connectivity index (χ0v) is 15.7. The van der Waals surface area contributed by atoms with E-state index in [1.54, 1.807) is 14.2 Å². The molecule has 3 aromatic rings. The Morgan fingerprint density at radius 3 is 1.78 bits per heavy atom. The molecule has 0 saturated heterocycles. The predicted molar refractivity (Wildman–Crippen MR) is 108 cm³/mol. The van der Waals surface area contributed by atoms with Crippen molar-refractivity contribution in [2.75, 3.05) is 14.2 Å². The zero-order valence-electron chi connectivity index (χ0n) is 15.7. The first-order valence-electron chi connectivity index (χ1n) is 8.92. The Morgan fingerprint density at radius 2 is 1.22 bits per heavy atom. The minimum absolute atomic E-state index is 0.792. The zero-order chi connectivity index (χ0) is 19.0. The smallest absolute Gasteiger partial charge is 0.118 e. The van der Waals surface area contributed by atoms with Crippen LogP contribution in [-0.2, 0) is 5.60 Å². The van der Waals surface area contributed by atoms with Crippen LogP contribution >= 0.6 is 0 Å². The molecule has 4 rings (SSSR count). The Kier molecular flexibility index (Phi) is 4.25. The summed E-state index contributed by atoms with van der Waals surface area (Å²) in [5.74, 6) is 1.60. The second-order valence-electron chi connectivity index (χ2n) is 6.82. The predicted octanol–water partition coefficient (Wildman–Crippen LogP) is 4.88. The van der Waals surface area contributed by atoms with Gasteiger partial charge in [-0.25, -0.2) is 0 Å². The highest BCUT2D eigenvalue weighted by molar-refractivity contribution is 6.06. The SMILES string of the molecule is COc1ccc(C2=C(c3ccc(OC)cc3)C(C)(O)c3ccccc32)cc1. The van der Waals surface area contributed by atoms with Gasteiger partial charge in [-0.3, -0.25) is 0 Å². The lowest BCUT2D eigenvalue weighted by Gasteiger charge is -2.24. The van der Waals surface area contributed by atoms with Crippen LogP contribution in [0.5, 0.6) is 11.5 Å². The van der Waals surface area contributed by atoms with Crippen molar-refractivity contribution in [2.24, 2.45) is 0 Å². The standard InChI is InChI=1S/C24H22O3/c1-24(25)21-7-5-4-6-20(21)22(16-8-12-18(26-2)13-9-16)23(24)17-10-14-19(27-3)15-11-17/h4-15,25H,1-3H3. The van der Waals surface area contributed by atoms with Gasteiger partial charge in [-0.1, -0.05) is 48.5 Å². The van der Waals surface area contributed by atoms with Gasteiger partial charge in [0.25, 0.3) is 0 Å². The maximum atomic E-state index is 11.5. The fourth-order valence-electron chi connectivity index (χ4n) is 3.88. The van der Waals surface area contributed by atoms with Crippen LogP contribution in [0, 0.1) is 0 Å². The van der Waals surface area contributed by atoms with E-state index in [9.17, 15) is 5.11 Å². The number of benzene rings is 3. The Labute approximate surface area is 159 Å². The van der Waals surface area contributed by atoms with Crippen molar-refractivity contribution in [1.29, 1.82) is 0 Å². The average Bonchev–Trinajstić information content (AvgIpc) is 2.95. The van der Waals surface area contributed by atoms with E-state index < -0.39 is 5.60 Å². The molecule has 1 N–H and O–H groups in total. The molecule has 0 fully saturated rings. The average molecular weight is 358 g/mol. The van der Waals surface area contributed by atoms with Crippen LogP contribution in [0.1, 0.15) is 29.2 Å². The van der Waals surface area contributed by atoms with Gasteiger partial charge in [0.2, 0.25) is 0 Å². The molecule has 0 aliphatic heterocycles. The molecule has 0 radical (unpaired) electrons. The lowest BCUT2D eigenvalue weighted by molar-refractivity contribution is 0.125. The van der Waals surface area contributed by atoms with Gasteiger partial charge in [-0.2, -0.15) is 0 Å². The quantitative estimate of drug-likeness (QED) is 0.722. The highest BCUT2D eigenvalue weighted by atomic mass is 16.5. The molecule has 1 aliphatic rings. The summed E-state index contributed by atoms with van der Waals surface area (Å²) in [5.41, 5.74) is 4.86. The molecule has 0 saturated carbocycles. The van der Waals surface area contributed by atoms with E-state index in [0.717, 1.165) is 44.9 Å². The van der Waals surface area contributed by atoms with Crippen molar-refractivity contribution in [1.82, 2.24) is 0 Å². The summed E-state index contributed by atoms with van der Waals surface area (Å²) in [4.78, 5) is 0. The van der Waals surface area contributed by atoms with Crippen LogP contribution in [0.15, 0.2) is 72.8 Å². The van der Waals surface area contributed by atoms with E-state index in [4.69, 9.17) is 9.47 Å². The second-order valence-corrected chi connectivity index (χ2v) is 6.82. The van der Waals surface area contributed by atoms with Gasteiger partial charge in [-0.05, 0) is 59.0 Å². The molecule has 0 bridgehead atoms. The van der Waals surface area contributed by atoms with Crippen LogP contribution in [0.4, 0.5) is 0 Å². The number of methoxy groups -OCH3 is 2. The van der Waals surface area contributed by atoms with Crippen molar-refractivity contribution in [3.05, 3.63) is 95.1 Å². The van der Waals surface area contributed by atoms with E-state index in [0.29, 0.717) is 0 Å². The molecule has 27 heavy (non-hydrogen) atoms. The van der Waals surface area contributed by atoms with Crippen LogP contribution in [0.25, 0.3) is 11.1 Å². The summed E-state index contributed by atoms with van der Waals surface area (Å²) >= 11 is 0. The Bertz CT molecular complexity index is 997. The van der Waals surface area contributed by atoms with Crippen molar-refractivity contribution >= 4 is 11.1 Å². The molecule has 1 unspecified atom stereocenters. The van der Waals surface area contributed by atoms with Crippen molar-refractivity contribution < 1.29 is 14.6 Å². The molecular weight excluding hydrogens is 336 g/mol. The number of hydrogen-bond donors (Lipinski definition) is 1. The summed E-state index contributed by atoms with van der Waals surface area (Å²) in [5, 5.41) is 11.5. The van der Waals surface area contributed by atoms with Gasteiger partial charge in [0.1, 0.15) is 17.1 Å². The van der Waals surface area contributed by atoms with Gasteiger partial charge in [-0.15, -0.1) is 0 Å². The fraction of sp³-hybridized carbons (Fsp3) is 0.167. The summed E-state index contributed by atoms with van der Waals surface area (Å²) < 4.78 is 10.6. The van der Waals surface area contributed by atoms with Crippen LogP contribution in [0.2, 0.25) is 0 Å². The molecule has 0 spiro atoms. The van der Waals surface area contributed by atoms with E-state index in [1.807, 2.05) is 73.7 Å². The maximum absolute atomic E-state index is 11.5. The van der Waals surface area contributed by atoms with Gasteiger partial charge >= 0.3 is 0 Å². The third-order valence-corrected chi connectivity index (χ3v) is 5.22. The molecule has 0 amide bonds. The summed E-state index contributed by atoms with van der Waals surface area (Å²) in [6, 6.07) is 23.9. The van der Waals surface area contributed by atoms with Crippen LogP contribution in [-0.4, -0.2) is 19.3 Å². The second kappa shape index (κ2) is 6.60. The van der Waals surface area contributed by atoms with Gasteiger partial charge in [0, 0.05) is 5.57 Å². The van der Waals surface area contributed by atoms with E-state index in [1.165, 1.54) is 0 Å². The van der Waals surface area contributed by atoms with Crippen LogP contribution < -0.4 is 9.47 Å². The molecular formula is C24H22O3. The molecule has 0 aromatic heterocycles. The molecule has 1 atom stereocenters. The lowest BCUT2D eigenvalue weighted by atomic mass is 9.87. The van der Waals surface area contributed by atoms with Crippen molar-refractivity contribution in [2.45, 2.75) is 12.5 Å².